The van der Waals surface area contributed by atoms with E-state index in [1.165, 1.54) is 0 Å². The van der Waals surface area contributed by atoms with Crippen LogP contribution in [0.3, 0.4) is 0 Å². The van der Waals surface area contributed by atoms with Crippen LogP contribution in [0.5, 0.6) is 0 Å². The molecule has 0 radical (unpaired) electrons. The summed E-state index contributed by atoms with van der Waals surface area (Å²) < 4.78 is 5.32. The van der Waals surface area contributed by atoms with E-state index in [1.807, 2.05) is 42.2 Å². The third-order valence-electron chi connectivity index (χ3n) is 6.38. The molecule has 6 heteroatoms. The maximum Gasteiger partial charge on any atom is 0.254 e. The number of nitrogens with one attached hydrogen (secondary N) is 1. The summed E-state index contributed by atoms with van der Waals surface area (Å²) in [4.78, 5) is 35.1. The van der Waals surface area contributed by atoms with Gasteiger partial charge in [-0.25, -0.2) is 4.98 Å². The smallest absolute Gasteiger partial charge is 0.254 e. The monoisotopic (exact) mass is 381 g/mol. The fourth-order valence-electron chi connectivity index (χ4n) is 4.67. The number of carbonyl (C=O) groups excluding carboxylic acids is 1. The predicted octanol–water partition coefficient (Wildman–Crippen LogP) is 2.67. The van der Waals surface area contributed by atoms with E-state index < -0.39 is 0 Å². The Morgan fingerprint density at radius 2 is 1.96 bits per heavy atom. The molecule has 1 aromatic carbocycles. The minimum atomic E-state index is -0.365. The van der Waals surface area contributed by atoms with Crippen molar-refractivity contribution in [1.29, 1.82) is 0 Å². The number of fused-ring (bicyclic) bond motifs is 2. The number of aromatic nitrogens is 2. The number of H-pyrrole nitrogens is 1. The van der Waals surface area contributed by atoms with Crippen LogP contribution in [-0.4, -0.2) is 47.1 Å². The van der Waals surface area contributed by atoms with Crippen molar-refractivity contribution in [1.82, 2.24) is 14.9 Å². The van der Waals surface area contributed by atoms with Crippen LogP contribution < -0.4 is 5.56 Å². The van der Waals surface area contributed by atoms with Gasteiger partial charge in [-0.1, -0.05) is 37.3 Å². The van der Waals surface area contributed by atoms with Crippen molar-refractivity contribution < 1.29 is 9.53 Å². The first-order valence-electron chi connectivity index (χ1n) is 10.1. The van der Waals surface area contributed by atoms with E-state index in [2.05, 4.69) is 4.98 Å². The Morgan fingerprint density at radius 1 is 1.25 bits per heavy atom. The number of ether oxygens (including phenoxy) is 1. The molecule has 2 heterocycles. The van der Waals surface area contributed by atoms with Crippen molar-refractivity contribution in [3.63, 3.8) is 0 Å². The van der Waals surface area contributed by atoms with E-state index in [0.29, 0.717) is 25.3 Å². The lowest BCUT2D eigenvalue weighted by molar-refractivity contribution is -0.143. The summed E-state index contributed by atoms with van der Waals surface area (Å²) >= 11 is 0. The maximum absolute atomic E-state index is 12.7. The average Bonchev–Trinajstić information content (AvgIpc) is 3.08. The topological polar surface area (TPSA) is 75.3 Å². The number of benzene rings is 1. The fourth-order valence-corrected chi connectivity index (χ4v) is 4.67. The summed E-state index contributed by atoms with van der Waals surface area (Å²) in [6, 6.07) is 9.77. The Morgan fingerprint density at radius 3 is 2.61 bits per heavy atom. The average molecular weight is 381 g/mol. The normalized spacial score (nSPS) is 18.9. The summed E-state index contributed by atoms with van der Waals surface area (Å²) in [5.41, 5.74) is 2.56. The molecule has 148 valence electrons. The number of piperidine rings is 1. The lowest BCUT2D eigenvalue weighted by Gasteiger charge is -2.40. The molecule has 1 N–H and O–H groups in total. The van der Waals surface area contributed by atoms with Crippen molar-refractivity contribution in [2.45, 2.75) is 50.5 Å². The molecule has 28 heavy (non-hydrogen) atoms. The second kappa shape index (κ2) is 7.51. The molecule has 2 aliphatic rings. The second-order valence-corrected chi connectivity index (χ2v) is 7.85. The van der Waals surface area contributed by atoms with Gasteiger partial charge in [0.05, 0.1) is 5.69 Å². The van der Waals surface area contributed by atoms with Gasteiger partial charge in [0, 0.05) is 36.7 Å². The summed E-state index contributed by atoms with van der Waals surface area (Å²) in [6.07, 6.45) is 3.69. The van der Waals surface area contributed by atoms with Crippen LogP contribution in [0.25, 0.3) is 11.4 Å². The van der Waals surface area contributed by atoms with E-state index in [-0.39, 0.29) is 23.0 Å². The number of carbonyl (C=O) groups is 1. The van der Waals surface area contributed by atoms with Crippen LogP contribution in [0.4, 0.5) is 0 Å². The molecule has 1 atom stereocenters. The number of likely N-dealkylation sites (tertiary alicyclic amines) is 1. The Bertz CT molecular complexity index is 910. The highest BCUT2D eigenvalue weighted by atomic mass is 16.5. The van der Waals surface area contributed by atoms with Crippen LogP contribution in [0, 0.1) is 0 Å². The van der Waals surface area contributed by atoms with Crippen molar-refractivity contribution in [3.8, 4) is 11.4 Å². The minimum absolute atomic E-state index is 0.0235. The van der Waals surface area contributed by atoms with E-state index in [9.17, 15) is 9.59 Å². The molecule has 1 unspecified atom stereocenters. The largest absolute Gasteiger partial charge is 0.372 e. The molecule has 1 aliphatic heterocycles. The fraction of sp³-hybridized carbons (Fsp3) is 0.500. The van der Waals surface area contributed by atoms with Gasteiger partial charge in [-0.05, 0) is 32.1 Å². The molecular formula is C22H27N3O3. The molecule has 1 aliphatic carbocycles. The SMILES string of the molecule is CCC(OC)C(=O)N1CCC2(CCc3c2nc(-c2ccccc2)[nH]c3=O)CC1. The number of nitrogens with zero attached hydrogens (tertiary/aromatic N) is 2. The molecule has 0 saturated carbocycles. The highest BCUT2D eigenvalue weighted by Gasteiger charge is 2.45. The zero-order chi connectivity index (χ0) is 19.7. The zero-order valence-electron chi connectivity index (χ0n) is 16.5. The van der Waals surface area contributed by atoms with Gasteiger partial charge in [0.15, 0.2) is 0 Å². The molecular weight excluding hydrogens is 354 g/mol. The third kappa shape index (κ3) is 3.15. The standard InChI is InChI=1S/C22H27N3O3/c1-3-17(28-2)21(27)25-13-11-22(12-14-25)10-9-16-18(22)23-19(24-20(16)26)15-7-5-4-6-8-15/h4-8,17H,3,9-14H2,1-2H3,(H,23,24,26). The molecule has 4 rings (SSSR count). The first-order valence-corrected chi connectivity index (χ1v) is 10.1. The van der Waals surface area contributed by atoms with E-state index >= 15 is 0 Å². The molecule has 1 amide bonds. The quantitative estimate of drug-likeness (QED) is 0.884. The number of amides is 1. The number of hydrogen-bond acceptors (Lipinski definition) is 4. The Hall–Kier alpha value is -2.47. The van der Waals surface area contributed by atoms with Gasteiger partial charge in [0.2, 0.25) is 0 Å². The number of hydrogen-bond donors (Lipinski definition) is 1. The van der Waals surface area contributed by atoms with Crippen molar-refractivity contribution in [2.75, 3.05) is 20.2 Å². The Kier molecular flexibility index (Phi) is 5.06. The van der Waals surface area contributed by atoms with E-state index in [0.717, 1.165) is 42.5 Å². The first kappa shape index (κ1) is 18.9. The Labute approximate surface area is 164 Å². The van der Waals surface area contributed by atoms with Gasteiger partial charge in [-0.2, -0.15) is 0 Å². The predicted molar refractivity (Wildman–Crippen MR) is 107 cm³/mol. The molecule has 1 fully saturated rings. The van der Waals surface area contributed by atoms with Gasteiger partial charge < -0.3 is 14.6 Å². The molecule has 1 aromatic heterocycles. The number of rotatable bonds is 4. The van der Waals surface area contributed by atoms with Crippen LogP contribution in [0.1, 0.15) is 43.9 Å². The highest BCUT2D eigenvalue weighted by molar-refractivity contribution is 5.81. The van der Waals surface area contributed by atoms with Crippen molar-refractivity contribution >= 4 is 5.91 Å². The van der Waals surface area contributed by atoms with Gasteiger partial charge in [0.1, 0.15) is 11.9 Å². The zero-order valence-corrected chi connectivity index (χ0v) is 16.5. The van der Waals surface area contributed by atoms with E-state index in [1.54, 1.807) is 7.11 Å². The molecule has 2 aromatic rings. The third-order valence-corrected chi connectivity index (χ3v) is 6.38. The van der Waals surface area contributed by atoms with Crippen molar-refractivity contribution in [2.24, 2.45) is 0 Å². The Balaban J connectivity index is 1.61. The summed E-state index contributed by atoms with van der Waals surface area (Å²) in [7, 11) is 1.59. The second-order valence-electron chi connectivity index (χ2n) is 7.85. The summed E-state index contributed by atoms with van der Waals surface area (Å²) in [5, 5.41) is 0. The lowest BCUT2D eigenvalue weighted by atomic mass is 9.76. The summed E-state index contributed by atoms with van der Waals surface area (Å²) in [5.74, 6) is 0.705. The number of aromatic amines is 1. The van der Waals surface area contributed by atoms with Crippen LogP contribution in [0.2, 0.25) is 0 Å². The van der Waals surface area contributed by atoms with Crippen molar-refractivity contribution in [3.05, 3.63) is 51.9 Å². The molecule has 1 saturated heterocycles. The van der Waals surface area contributed by atoms with Gasteiger partial charge in [0.25, 0.3) is 11.5 Å². The minimum Gasteiger partial charge on any atom is -0.372 e. The van der Waals surface area contributed by atoms with Crippen LogP contribution >= 0.6 is 0 Å². The molecule has 0 bridgehead atoms. The van der Waals surface area contributed by atoms with E-state index in [4.69, 9.17) is 9.72 Å². The van der Waals surface area contributed by atoms with Gasteiger partial charge in [-0.3, -0.25) is 9.59 Å². The van der Waals surface area contributed by atoms with Crippen LogP contribution in [0.15, 0.2) is 35.1 Å². The van der Waals surface area contributed by atoms with Gasteiger partial charge >= 0.3 is 0 Å². The lowest BCUT2D eigenvalue weighted by Crippen LogP contribution is -2.48. The molecule has 1 spiro atoms. The maximum atomic E-state index is 12.7. The molecule has 6 nitrogen and oxygen atoms in total. The number of methoxy groups -OCH3 is 1. The highest BCUT2D eigenvalue weighted by Crippen LogP contribution is 2.44. The van der Waals surface area contributed by atoms with Gasteiger partial charge in [-0.15, -0.1) is 0 Å². The first-order chi connectivity index (χ1) is 13.6. The van der Waals surface area contributed by atoms with Crippen LogP contribution in [-0.2, 0) is 21.4 Å². The summed E-state index contributed by atoms with van der Waals surface area (Å²) in [6.45, 7) is 3.34.